The molecule has 7 heteroatoms. The Morgan fingerprint density at radius 3 is 2.64 bits per heavy atom. The molecule has 0 atom stereocenters. The molecule has 0 aliphatic heterocycles. The zero-order valence-corrected chi connectivity index (χ0v) is 14.2. The van der Waals surface area contributed by atoms with E-state index in [4.69, 9.17) is 4.74 Å². The number of carbonyl (C=O) groups excluding carboxylic acids is 2. The molecule has 0 saturated heterocycles. The van der Waals surface area contributed by atoms with Gasteiger partial charge in [-0.15, -0.1) is 0 Å². The Balaban J connectivity index is 2.40. The number of amides is 1. The highest BCUT2D eigenvalue weighted by Gasteiger charge is 2.14. The Bertz CT molecular complexity index is 724. The highest BCUT2D eigenvalue weighted by atomic mass is 79.9. The van der Waals surface area contributed by atoms with Crippen LogP contribution in [0.5, 0.6) is 5.75 Å². The monoisotopic (exact) mass is 368 g/mol. The number of hydrogen-bond donors (Lipinski definition) is 1. The van der Waals surface area contributed by atoms with Crippen molar-refractivity contribution in [3.63, 3.8) is 0 Å². The molecule has 2 aromatic rings. The summed E-state index contributed by atoms with van der Waals surface area (Å²) in [6.07, 6.45) is 1.89. The van der Waals surface area contributed by atoms with Crippen LogP contribution in [0.15, 0.2) is 22.8 Å². The van der Waals surface area contributed by atoms with Crippen LogP contribution in [-0.2, 0) is 11.2 Å². The van der Waals surface area contributed by atoms with Crippen molar-refractivity contribution < 1.29 is 19.1 Å². The Labute approximate surface area is 136 Å². The van der Waals surface area contributed by atoms with Crippen molar-refractivity contribution in [2.45, 2.75) is 13.3 Å². The van der Waals surface area contributed by atoms with E-state index in [-0.39, 0.29) is 5.91 Å². The highest BCUT2D eigenvalue weighted by molar-refractivity contribution is 9.10. The summed E-state index contributed by atoms with van der Waals surface area (Å²) in [6.45, 7) is 1.93. The van der Waals surface area contributed by atoms with E-state index in [1.54, 1.807) is 17.9 Å². The third-order valence-corrected chi connectivity index (χ3v) is 3.97. The molecule has 1 heterocycles. The molecule has 118 valence electrons. The van der Waals surface area contributed by atoms with E-state index in [1.807, 2.05) is 12.1 Å². The molecule has 22 heavy (non-hydrogen) atoms. The average Bonchev–Trinajstić information content (AvgIpc) is 2.84. The van der Waals surface area contributed by atoms with Crippen LogP contribution in [0.2, 0.25) is 0 Å². The number of ether oxygens (including phenoxy) is 2. The van der Waals surface area contributed by atoms with Crippen LogP contribution in [0.1, 0.15) is 17.3 Å². The van der Waals surface area contributed by atoms with Crippen LogP contribution in [0.25, 0.3) is 10.9 Å². The first-order chi connectivity index (χ1) is 10.5. The van der Waals surface area contributed by atoms with Gasteiger partial charge in [-0.05, 0) is 40.0 Å². The van der Waals surface area contributed by atoms with Crippen molar-refractivity contribution in [1.82, 2.24) is 9.88 Å². The van der Waals surface area contributed by atoms with Crippen molar-refractivity contribution in [2.75, 3.05) is 20.8 Å². The number of halogens is 1. The molecule has 1 aromatic heterocycles. The molecule has 6 nitrogen and oxygen atoms in total. The van der Waals surface area contributed by atoms with E-state index in [9.17, 15) is 9.59 Å². The van der Waals surface area contributed by atoms with Crippen molar-refractivity contribution in [3.05, 3.63) is 28.4 Å². The molecule has 0 unspecified atom stereocenters. The van der Waals surface area contributed by atoms with Crippen molar-refractivity contribution >= 4 is 38.8 Å². The summed E-state index contributed by atoms with van der Waals surface area (Å²) in [5.74, 6) is 0.616. The minimum Gasteiger partial charge on any atom is -0.496 e. The number of alkyl carbamates (subject to hydrolysis) is 1. The number of methoxy groups -OCH3 is 2. The van der Waals surface area contributed by atoms with Gasteiger partial charge in [0.2, 0.25) is 5.91 Å². The molecule has 1 aromatic carbocycles. The first kappa shape index (κ1) is 16.4. The topological polar surface area (TPSA) is 69.6 Å². The van der Waals surface area contributed by atoms with Crippen molar-refractivity contribution in [1.29, 1.82) is 0 Å². The number of benzene rings is 1. The fraction of sp³-hybridized carbons (Fsp3) is 0.333. The van der Waals surface area contributed by atoms with Gasteiger partial charge in [-0.25, -0.2) is 4.79 Å². The molecule has 0 saturated carbocycles. The maximum absolute atomic E-state index is 11.8. The van der Waals surface area contributed by atoms with E-state index in [0.717, 1.165) is 20.9 Å². The summed E-state index contributed by atoms with van der Waals surface area (Å²) >= 11 is 3.43. The SMILES string of the molecule is COC(=O)NCCc1cn(C(C)=O)c2cc(Br)c(OC)cc12. The zero-order valence-electron chi connectivity index (χ0n) is 12.6. The van der Waals surface area contributed by atoms with E-state index in [0.29, 0.717) is 18.7 Å². The van der Waals surface area contributed by atoms with Gasteiger partial charge in [0.1, 0.15) is 5.75 Å². The first-order valence-corrected chi connectivity index (χ1v) is 7.47. The number of carbonyl (C=O) groups is 2. The molecular formula is C15H17BrN2O4. The maximum atomic E-state index is 11.8. The molecule has 0 aliphatic carbocycles. The Morgan fingerprint density at radius 1 is 1.32 bits per heavy atom. The zero-order chi connectivity index (χ0) is 16.3. The largest absolute Gasteiger partial charge is 0.496 e. The molecular weight excluding hydrogens is 352 g/mol. The second-order valence-corrected chi connectivity index (χ2v) is 5.57. The molecule has 2 rings (SSSR count). The average molecular weight is 369 g/mol. The Kier molecular flexibility index (Phi) is 5.07. The van der Waals surface area contributed by atoms with Gasteiger partial charge in [0, 0.05) is 25.1 Å². The van der Waals surface area contributed by atoms with Crippen LogP contribution in [0.3, 0.4) is 0 Å². The van der Waals surface area contributed by atoms with Gasteiger partial charge in [-0.3, -0.25) is 9.36 Å². The third-order valence-electron chi connectivity index (χ3n) is 3.35. The van der Waals surface area contributed by atoms with Crippen molar-refractivity contribution in [3.8, 4) is 5.75 Å². The predicted octanol–water partition coefficient (Wildman–Crippen LogP) is 2.97. The van der Waals surface area contributed by atoms with Crippen LogP contribution in [0.4, 0.5) is 4.79 Å². The fourth-order valence-electron chi connectivity index (χ4n) is 2.28. The molecule has 0 fully saturated rings. The van der Waals surface area contributed by atoms with E-state index in [1.165, 1.54) is 14.0 Å². The number of rotatable bonds is 4. The smallest absolute Gasteiger partial charge is 0.406 e. The lowest BCUT2D eigenvalue weighted by Gasteiger charge is -2.06. The van der Waals surface area contributed by atoms with E-state index >= 15 is 0 Å². The molecule has 0 bridgehead atoms. The lowest BCUT2D eigenvalue weighted by molar-refractivity contribution is 0.0941. The summed E-state index contributed by atoms with van der Waals surface area (Å²) in [4.78, 5) is 22.9. The second kappa shape index (κ2) is 6.83. The fourth-order valence-corrected chi connectivity index (χ4v) is 2.78. The Morgan fingerprint density at radius 2 is 2.05 bits per heavy atom. The number of hydrogen-bond acceptors (Lipinski definition) is 4. The standard InChI is InChI=1S/C15H17BrN2O4/c1-9(19)18-8-10(4-5-17-15(20)22-3)11-6-14(21-2)12(16)7-13(11)18/h6-8H,4-5H2,1-3H3,(H,17,20). The van der Waals surface area contributed by atoms with Gasteiger partial charge in [0.05, 0.1) is 24.2 Å². The normalized spacial score (nSPS) is 10.5. The molecule has 0 spiro atoms. The van der Waals surface area contributed by atoms with E-state index < -0.39 is 6.09 Å². The minimum atomic E-state index is -0.476. The molecule has 1 amide bonds. The Hall–Kier alpha value is -2.02. The predicted molar refractivity (Wildman–Crippen MR) is 86.6 cm³/mol. The lowest BCUT2D eigenvalue weighted by atomic mass is 10.1. The maximum Gasteiger partial charge on any atom is 0.406 e. The highest BCUT2D eigenvalue weighted by Crippen LogP contribution is 2.33. The molecule has 0 aliphatic rings. The second-order valence-electron chi connectivity index (χ2n) is 4.72. The number of nitrogens with one attached hydrogen (secondary N) is 1. The van der Waals surface area contributed by atoms with Crippen LogP contribution >= 0.6 is 15.9 Å². The summed E-state index contributed by atoms with van der Waals surface area (Å²) in [6, 6.07) is 3.74. The summed E-state index contributed by atoms with van der Waals surface area (Å²) in [7, 11) is 2.91. The van der Waals surface area contributed by atoms with Gasteiger partial charge < -0.3 is 14.8 Å². The number of fused-ring (bicyclic) bond motifs is 1. The first-order valence-electron chi connectivity index (χ1n) is 6.68. The van der Waals surface area contributed by atoms with Crippen LogP contribution < -0.4 is 10.1 Å². The number of aromatic nitrogens is 1. The van der Waals surface area contributed by atoms with Crippen LogP contribution in [-0.4, -0.2) is 37.3 Å². The summed E-state index contributed by atoms with van der Waals surface area (Å²) in [5, 5.41) is 3.55. The minimum absolute atomic E-state index is 0.0748. The van der Waals surface area contributed by atoms with Gasteiger partial charge in [0.25, 0.3) is 0 Å². The lowest BCUT2D eigenvalue weighted by Crippen LogP contribution is -2.25. The van der Waals surface area contributed by atoms with Crippen LogP contribution in [0, 0.1) is 0 Å². The summed E-state index contributed by atoms with van der Waals surface area (Å²) in [5.41, 5.74) is 1.75. The van der Waals surface area contributed by atoms with Gasteiger partial charge >= 0.3 is 6.09 Å². The third kappa shape index (κ3) is 3.24. The van der Waals surface area contributed by atoms with Gasteiger partial charge in [-0.1, -0.05) is 0 Å². The quantitative estimate of drug-likeness (QED) is 0.900. The van der Waals surface area contributed by atoms with Gasteiger partial charge in [0.15, 0.2) is 0 Å². The van der Waals surface area contributed by atoms with Gasteiger partial charge in [-0.2, -0.15) is 0 Å². The molecule has 1 N–H and O–H groups in total. The summed E-state index contributed by atoms with van der Waals surface area (Å²) < 4.78 is 12.2. The van der Waals surface area contributed by atoms with E-state index in [2.05, 4.69) is 26.0 Å². The molecule has 0 radical (unpaired) electrons. The van der Waals surface area contributed by atoms with Crippen molar-refractivity contribution in [2.24, 2.45) is 0 Å². The number of nitrogens with zero attached hydrogens (tertiary/aromatic N) is 1.